The first-order valence-corrected chi connectivity index (χ1v) is 6.55. The van der Waals surface area contributed by atoms with E-state index in [1.54, 1.807) is 7.11 Å². The number of methoxy groups -OCH3 is 1. The van der Waals surface area contributed by atoms with E-state index in [1.807, 2.05) is 0 Å². The molecule has 0 aromatic heterocycles. The van der Waals surface area contributed by atoms with Crippen molar-refractivity contribution in [1.82, 2.24) is 0 Å². The number of hydrogen-bond donors (Lipinski definition) is 1. The molecule has 0 aliphatic heterocycles. The second-order valence-electron chi connectivity index (χ2n) is 5.74. The predicted molar refractivity (Wildman–Crippen MR) is 71.0 cm³/mol. The minimum absolute atomic E-state index is 0.239. The topological polar surface area (TPSA) is 44.5 Å². The van der Waals surface area contributed by atoms with E-state index in [0.29, 0.717) is 18.6 Å². The smallest absolute Gasteiger partial charge is 0.0700 e. The molecule has 0 radical (unpaired) electrons. The molecule has 0 saturated carbocycles. The summed E-state index contributed by atoms with van der Waals surface area (Å²) in [6.07, 6.45) is 6.72. The fourth-order valence-corrected chi connectivity index (χ4v) is 2.56. The zero-order chi connectivity index (χ0) is 12.7. The lowest BCUT2D eigenvalue weighted by atomic mass is 9.74. The molecule has 0 fully saturated rings. The van der Waals surface area contributed by atoms with Gasteiger partial charge in [-0.05, 0) is 31.1 Å². The van der Waals surface area contributed by atoms with Gasteiger partial charge in [-0.1, -0.05) is 25.5 Å². The SMILES string of the molecule is COCCOCCCC1=CC(N)CC(C)(C)C1. The van der Waals surface area contributed by atoms with Gasteiger partial charge < -0.3 is 15.2 Å². The van der Waals surface area contributed by atoms with Crippen molar-refractivity contribution in [3.8, 4) is 0 Å². The molecule has 0 amide bonds. The van der Waals surface area contributed by atoms with Crippen molar-refractivity contribution in [3.63, 3.8) is 0 Å². The van der Waals surface area contributed by atoms with Crippen molar-refractivity contribution < 1.29 is 9.47 Å². The van der Waals surface area contributed by atoms with Crippen LogP contribution in [-0.2, 0) is 9.47 Å². The van der Waals surface area contributed by atoms with Crippen LogP contribution in [0.4, 0.5) is 0 Å². The van der Waals surface area contributed by atoms with E-state index in [0.717, 1.165) is 25.9 Å². The maximum Gasteiger partial charge on any atom is 0.0700 e. The number of hydrogen-bond acceptors (Lipinski definition) is 3. The zero-order valence-corrected chi connectivity index (χ0v) is 11.5. The number of allylic oxidation sites excluding steroid dienone is 1. The number of rotatable bonds is 7. The normalized spacial score (nSPS) is 23.5. The van der Waals surface area contributed by atoms with Gasteiger partial charge in [-0.3, -0.25) is 0 Å². The van der Waals surface area contributed by atoms with Crippen LogP contribution in [0, 0.1) is 5.41 Å². The molecule has 0 aromatic carbocycles. The second-order valence-corrected chi connectivity index (χ2v) is 5.74. The average Bonchev–Trinajstić information content (AvgIpc) is 2.20. The highest BCUT2D eigenvalue weighted by atomic mass is 16.5. The Morgan fingerprint density at radius 3 is 2.76 bits per heavy atom. The Morgan fingerprint density at radius 2 is 2.12 bits per heavy atom. The van der Waals surface area contributed by atoms with Crippen LogP contribution in [0.5, 0.6) is 0 Å². The van der Waals surface area contributed by atoms with Crippen LogP contribution in [-0.4, -0.2) is 33.0 Å². The fourth-order valence-electron chi connectivity index (χ4n) is 2.56. The summed E-state index contributed by atoms with van der Waals surface area (Å²) >= 11 is 0. The third-order valence-corrected chi connectivity index (χ3v) is 3.16. The van der Waals surface area contributed by atoms with Crippen molar-refractivity contribution in [3.05, 3.63) is 11.6 Å². The van der Waals surface area contributed by atoms with Gasteiger partial charge in [0.05, 0.1) is 13.2 Å². The summed E-state index contributed by atoms with van der Waals surface area (Å²) in [7, 11) is 1.69. The third-order valence-electron chi connectivity index (χ3n) is 3.16. The maximum absolute atomic E-state index is 6.05. The molecule has 1 atom stereocenters. The summed E-state index contributed by atoms with van der Waals surface area (Å²) < 4.78 is 10.4. The lowest BCUT2D eigenvalue weighted by Crippen LogP contribution is -2.31. The van der Waals surface area contributed by atoms with Crippen molar-refractivity contribution in [1.29, 1.82) is 0 Å². The average molecular weight is 241 g/mol. The van der Waals surface area contributed by atoms with Gasteiger partial charge in [-0.15, -0.1) is 0 Å². The molecule has 0 saturated heterocycles. The largest absolute Gasteiger partial charge is 0.382 e. The van der Waals surface area contributed by atoms with Crippen LogP contribution < -0.4 is 5.73 Å². The van der Waals surface area contributed by atoms with E-state index in [1.165, 1.54) is 12.0 Å². The lowest BCUT2D eigenvalue weighted by Gasteiger charge is -2.33. The standard InChI is InChI=1S/C14H27NO2/c1-14(2)10-12(9-13(15)11-14)5-4-6-17-8-7-16-3/h9,13H,4-8,10-11,15H2,1-3H3. The summed E-state index contributed by atoms with van der Waals surface area (Å²) in [5.74, 6) is 0. The molecule has 3 nitrogen and oxygen atoms in total. The number of nitrogens with two attached hydrogens (primary N) is 1. The van der Waals surface area contributed by atoms with Crippen molar-refractivity contribution in [2.75, 3.05) is 26.9 Å². The summed E-state index contributed by atoms with van der Waals surface area (Å²) in [6, 6.07) is 0.239. The van der Waals surface area contributed by atoms with Crippen molar-refractivity contribution in [2.45, 2.75) is 45.6 Å². The van der Waals surface area contributed by atoms with Crippen LogP contribution in [0.15, 0.2) is 11.6 Å². The molecule has 0 heterocycles. The maximum atomic E-state index is 6.05. The molecule has 0 bridgehead atoms. The highest BCUT2D eigenvalue weighted by molar-refractivity contribution is 5.14. The second kappa shape index (κ2) is 7.14. The predicted octanol–water partition coefficient (Wildman–Crippen LogP) is 2.50. The van der Waals surface area contributed by atoms with E-state index in [4.69, 9.17) is 15.2 Å². The quantitative estimate of drug-likeness (QED) is 0.550. The van der Waals surface area contributed by atoms with E-state index in [2.05, 4.69) is 19.9 Å². The summed E-state index contributed by atoms with van der Waals surface area (Å²) in [6.45, 7) is 6.79. The molecule has 100 valence electrons. The van der Waals surface area contributed by atoms with E-state index in [9.17, 15) is 0 Å². The van der Waals surface area contributed by atoms with Gasteiger partial charge in [0.1, 0.15) is 0 Å². The summed E-state index contributed by atoms with van der Waals surface area (Å²) in [4.78, 5) is 0. The molecule has 1 unspecified atom stereocenters. The Labute approximate surface area is 105 Å². The van der Waals surface area contributed by atoms with Gasteiger partial charge in [-0.2, -0.15) is 0 Å². The van der Waals surface area contributed by atoms with Crippen LogP contribution >= 0.6 is 0 Å². The van der Waals surface area contributed by atoms with Crippen molar-refractivity contribution >= 4 is 0 Å². The first kappa shape index (κ1) is 14.7. The Bertz CT molecular complexity index is 249. The molecule has 1 rings (SSSR count). The van der Waals surface area contributed by atoms with E-state index in [-0.39, 0.29) is 6.04 Å². The molecular formula is C14H27NO2. The molecule has 3 heteroatoms. The lowest BCUT2D eigenvalue weighted by molar-refractivity contribution is 0.0693. The van der Waals surface area contributed by atoms with Crippen LogP contribution in [0.1, 0.15) is 39.5 Å². The number of ether oxygens (including phenoxy) is 2. The molecule has 0 aromatic rings. The van der Waals surface area contributed by atoms with Gasteiger partial charge >= 0.3 is 0 Å². The Kier molecular flexibility index (Phi) is 6.17. The minimum Gasteiger partial charge on any atom is -0.382 e. The summed E-state index contributed by atoms with van der Waals surface area (Å²) in [5, 5.41) is 0. The Balaban J connectivity index is 2.18. The molecule has 17 heavy (non-hydrogen) atoms. The Hall–Kier alpha value is -0.380. The first-order chi connectivity index (χ1) is 8.03. The minimum atomic E-state index is 0.239. The molecule has 0 spiro atoms. The molecule has 1 aliphatic carbocycles. The van der Waals surface area contributed by atoms with Gasteiger partial charge in [0, 0.05) is 19.8 Å². The zero-order valence-electron chi connectivity index (χ0n) is 11.5. The van der Waals surface area contributed by atoms with Crippen molar-refractivity contribution in [2.24, 2.45) is 11.1 Å². The third kappa shape index (κ3) is 6.20. The highest BCUT2D eigenvalue weighted by Gasteiger charge is 2.26. The molecular weight excluding hydrogens is 214 g/mol. The van der Waals surface area contributed by atoms with Gasteiger partial charge in [0.2, 0.25) is 0 Å². The monoisotopic (exact) mass is 241 g/mol. The molecule has 2 N–H and O–H groups in total. The highest BCUT2D eigenvalue weighted by Crippen LogP contribution is 2.36. The van der Waals surface area contributed by atoms with E-state index < -0.39 is 0 Å². The Morgan fingerprint density at radius 1 is 1.35 bits per heavy atom. The van der Waals surface area contributed by atoms with Crippen LogP contribution in [0.25, 0.3) is 0 Å². The van der Waals surface area contributed by atoms with Gasteiger partial charge in [0.25, 0.3) is 0 Å². The van der Waals surface area contributed by atoms with E-state index >= 15 is 0 Å². The van der Waals surface area contributed by atoms with Crippen LogP contribution in [0.3, 0.4) is 0 Å². The van der Waals surface area contributed by atoms with Gasteiger partial charge in [-0.25, -0.2) is 0 Å². The fraction of sp³-hybridized carbons (Fsp3) is 0.857. The first-order valence-electron chi connectivity index (χ1n) is 6.55. The molecule has 1 aliphatic rings. The van der Waals surface area contributed by atoms with Gasteiger partial charge in [0.15, 0.2) is 0 Å². The summed E-state index contributed by atoms with van der Waals surface area (Å²) in [5.41, 5.74) is 7.91. The van der Waals surface area contributed by atoms with Crippen LogP contribution in [0.2, 0.25) is 0 Å².